The Hall–Kier alpha value is -2.81. The Bertz CT molecular complexity index is 547. The zero-order valence-corrected chi connectivity index (χ0v) is 12.5. The highest BCUT2D eigenvalue weighted by Crippen LogP contribution is 2.12. The first-order valence-corrected chi connectivity index (χ1v) is 6.92. The molecule has 7 N–H and O–H groups in total. The van der Waals surface area contributed by atoms with Gasteiger partial charge in [0.15, 0.2) is 6.10 Å². The molecule has 9 nitrogen and oxygen atoms in total. The van der Waals surface area contributed by atoms with Crippen LogP contribution in [0.3, 0.4) is 0 Å². The number of carbonyl (C=O) groups is 3. The van der Waals surface area contributed by atoms with Crippen LogP contribution in [0.2, 0.25) is 0 Å². The van der Waals surface area contributed by atoms with Crippen LogP contribution in [0.25, 0.3) is 0 Å². The molecule has 0 aliphatic rings. The Labute approximate surface area is 133 Å². The van der Waals surface area contributed by atoms with Crippen molar-refractivity contribution < 1.29 is 24.2 Å². The molecule has 126 valence electrons. The molecule has 0 aliphatic carbocycles. The first-order chi connectivity index (χ1) is 10.9. The SMILES string of the molecule is NC(=O)NCCC[C@H](OC(N)=O)C(=O)Nc1ccc(CO)cc1. The molecular weight excluding hydrogens is 304 g/mol. The predicted octanol–water partition coefficient (Wildman–Crippen LogP) is 0.0298. The van der Waals surface area contributed by atoms with Crippen molar-refractivity contribution in [1.82, 2.24) is 5.32 Å². The van der Waals surface area contributed by atoms with Gasteiger partial charge >= 0.3 is 12.1 Å². The summed E-state index contributed by atoms with van der Waals surface area (Å²) >= 11 is 0. The van der Waals surface area contributed by atoms with Gasteiger partial charge in [-0.15, -0.1) is 0 Å². The lowest BCUT2D eigenvalue weighted by atomic mass is 10.1. The molecule has 0 bridgehead atoms. The lowest BCUT2D eigenvalue weighted by Gasteiger charge is -2.16. The summed E-state index contributed by atoms with van der Waals surface area (Å²) in [7, 11) is 0. The number of rotatable bonds is 8. The second kappa shape index (κ2) is 9.26. The first kappa shape index (κ1) is 18.2. The van der Waals surface area contributed by atoms with E-state index in [0.717, 1.165) is 0 Å². The fourth-order valence-corrected chi connectivity index (χ4v) is 1.80. The van der Waals surface area contributed by atoms with Crippen molar-refractivity contribution in [1.29, 1.82) is 0 Å². The van der Waals surface area contributed by atoms with Crippen molar-refractivity contribution in [2.75, 3.05) is 11.9 Å². The number of hydrogen-bond donors (Lipinski definition) is 5. The second-order valence-corrected chi connectivity index (χ2v) is 4.70. The van der Waals surface area contributed by atoms with Gasteiger partial charge in [-0.2, -0.15) is 0 Å². The summed E-state index contributed by atoms with van der Waals surface area (Å²) in [6, 6.07) is 5.84. The van der Waals surface area contributed by atoms with E-state index in [0.29, 0.717) is 17.7 Å². The molecular formula is C14H20N4O5. The zero-order valence-electron chi connectivity index (χ0n) is 12.5. The number of carbonyl (C=O) groups excluding carboxylic acids is 3. The molecule has 0 aliphatic heterocycles. The van der Waals surface area contributed by atoms with E-state index in [4.69, 9.17) is 21.3 Å². The summed E-state index contributed by atoms with van der Waals surface area (Å²) in [4.78, 5) is 33.6. The summed E-state index contributed by atoms with van der Waals surface area (Å²) in [5, 5.41) is 13.9. The Kier molecular flexibility index (Phi) is 7.34. The van der Waals surface area contributed by atoms with Gasteiger partial charge < -0.3 is 31.9 Å². The molecule has 4 amide bonds. The number of primary amides is 2. The summed E-state index contributed by atoms with van der Waals surface area (Å²) in [6.07, 6.45) is -1.61. The van der Waals surface area contributed by atoms with Crippen molar-refractivity contribution in [3.63, 3.8) is 0 Å². The molecule has 1 rings (SSSR count). The van der Waals surface area contributed by atoms with E-state index in [1.165, 1.54) is 0 Å². The van der Waals surface area contributed by atoms with Crippen LogP contribution in [0.1, 0.15) is 18.4 Å². The van der Waals surface area contributed by atoms with E-state index in [1.54, 1.807) is 24.3 Å². The Morgan fingerprint density at radius 3 is 2.35 bits per heavy atom. The topological polar surface area (TPSA) is 157 Å². The lowest BCUT2D eigenvalue weighted by Crippen LogP contribution is -2.36. The summed E-state index contributed by atoms with van der Waals surface area (Å²) in [6.45, 7) is 0.140. The highest BCUT2D eigenvalue weighted by molar-refractivity contribution is 5.95. The Balaban J connectivity index is 2.59. The third kappa shape index (κ3) is 7.14. The molecule has 0 heterocycles. The van der Waals surface area contributed by atoms with Crippen LogP contribution < -0.4 is 22.1 Å². The molecule has 1 atom stereocenters. The van der Waals surface area contributed by atoms with Gasteiger partial charge in [-0.25, -0.2) is 9.59 Å². The van der Waals surface area contributed by atoms with E-state index in [-0.39, 0.29) is 19.6 Å². The maximum Gasteiger partial charge on any atom is 0.405 e. The lowest BCUT2D eigenvalue weighted by molar-refractivity contribution is -0.124. The fourth-order valence-electron chi connectivity index (χ4n) is 1.80. The molecule has 1 aromatic rings. The molecule has 9 heteroatoms. The summed E-state index contributed by atoms with van der Waals surface area (Å²) in [5.74, 6) is -0.542. The summed E-state index contributed by atoms with van der Waals surface area (Å²) in [5.41, 5.74) is 11.1. The van der Waals surface area contributed by atoms with Crippen molar-refractivity contribution in [2.24, 2.45) is 11.5 Å². The van der Waals surface area contributed by atoms with E-state index in [2.05, 4.69) is 10.6 Å². The second-order valence-electron chi connectivity index (χ2n) is 4.70. The van der Waals surface area contributed by atoms with Gasteiger partial charge in [-0.05, 0) is 30.5 Å². The van der Waals surface area contributed by atoms with Crippen molar-refractivity contribution in [3.8, 4) is 0 Å². The van der Waals surface area contributed by atoms with Gasteiger partial charge in [0.1, 0.15) is 0 Å². The molecule has 0 radical (unpaired) electrons. The monoisotopic (exact) mass is 324 g/mol. The van der Waals surface area contributed by atoms with Gasteiger partial charge in [0.25, 0.3) is 5.91 Å². The van der Waals surface area contributed by atoms with Gasteiger partial charge in [-0.1, -0.05) is 12.1 Å². The average molecular weight is 324 g/mol. The van der Waals surface area contributed by atoms with Crippen LogP contribution in [-0.4, -0.2) is 35.8 Å². The predicted molar refractivity (Wildman–Crippen MR) is 82.3 cm³/mol. The maximum atomic E-state index is 12.1. The Morgan fingerprint density at radius 2 is 1.83 bits per heavy atom. The summed E-state index contributed by atoms with van der Waals surface area (Å²) < 4.78 is 4.78. The normalized spacial score (nSPS) is 11.3. The molecule has 0 saturated heterocycles. The van der Waals surface area contributed by atoms with Crippen molar-refractivity contribution in [2.45, 2.75) is 25.6 Å². The number of ether oxygens (including phenoxy) is 1. The number of aliphatic hydroxyl groups excluding tert-OH is 1. The number of anilines is 1. The maximum absolute atomic E-state index is 12.1. The molecule has 23 heavy (non-hydrogen) atoms. The van der Waals surface area contributed by atoms with Crippen LogP contribution in [0.4, 0.5) is 15.3 Å². The number of nitrogens with one attached hydrogen (secondary N) is 2. The minimum Gasteiger partial charge on any atom is -0.436 e. The number of aliphatic hydroxyl groups is 1. The van der Waals surface area contributed by atoms with E-state index in [9.17, 15) is 14.4 Å². The highest BCUT2D eigenvalue weighted by Gasteiger charge is 2.21. The van der Waals surface area contributed by atoms with Crippen LogP contribution in [0, 0.1) is 0 Å². The van der Waals surface area contributed by atoms with Crippen molar-refractivity contribution >= 4 is 23.7 Å². The third-order valence-corrected chi connectivity index (χ3v) is 2.90. The van der Waals surface area contributed by atoms with Crippen LogP contribution >= 0.6 is 0 Å². The molecule has 0 fully saturated rings. The number of benzene rings is 1. The van der Waals surface area contributed by atoms with Gasteiger partial charge in [0.05, 0.1) is 6.61 Å². The van der Waals surface area contributed by atoms with Gasteiger partial charge in [0, 0.05) is 12.2 Å². The molecule has 1 aromatic carbocycles. The number of hydrogen-bond acceptors (Lipinski definition) is 5. The van der Waals surface area contributed by atoms with Gasteiger partial charge in [0.2, 0.25) is 0 Å². The van der Waals surface area contributed by atoms with Crippen LogP contribution in [0.5, 0.6) is 0 Å². The molecule has 0 unspecified atom stereocenters. The largest absolute Gasteiger partial charge is 0.436 e. The Morgan fingerprint density at radius 1 is 1.17 bits per heavy atom. The molecule has 0 spiro atoms. The van der Waals surface area contributed by atoms with Gasteiger partial charge in [-0.3, -0.25) is 4.79 Å². The van der Waals surface area contributed by atoms with Crippen molar-refractivity contribution in [3.05, 3.63) is 29.8 Å². The van der Waals surface area contributed by atoms with Crippen LogP contribution in [0.15, 0.2) is 24.3 Å². The third-order valence-electron chi connectivity index (χ3n) is 2.90. The van der Waals surface area contributed by atoms with Crippen LogP contribution in [-0.2, 0) is 16.1 Å². The molecule has 0 aromatic heterocycles. The number of nitrogens with two attached hydrogens (primary N) is 2. The fraction of sp³-hybridized carbons (Fsp3) is 0.357. The molecule has 0 saturated carbocycles. The number of amides is 4. The smallest absolute Gasteiger partial charge is 0.405 e. The zero-order chi connectivity index (χ0) is 17.2. The highest BCUT2D eigenvalue weighted by atomic mass is 16.6. The van der Waals surface area contributed by atoms with E-state index < -0.39 is 24.1 Å². The first-order valence-electron chi connectivity index (χ1n) is 6.92. The van der Waals surface area contributed by atoms with E-state index >= 15 is 0 Å². The standard InChI is InChI=1S/C14H20N4O5/c15-13(21)17-7-1-2-11(23-14(16)22)12(20)18-10-5-3-9(8-19)4-6-10/h3-6,11,19H,1-2,7-8H2,(H2,16,22)(H,18,20)(H3,15,17,21)/t11-/m0/s1. The average Bonchev–Trinajstić information content (AvgIpc) is 2.50. The minimum absolute atomic E-state index is 0.103. The van der Waals surface area contributed by atoms with E-state index in [1.807, 2.05) is 0 Å². The number of urea groups is 1. The quantitative estimate of drug-likeness (QED) is 0.426. The minimum atomic E-state index is -1.08.